The predicted octanol–water partition coefficient (Wildman–Crippen LogP) is -2.00. The summed E-state index contributed by atoms with van der Waals surface area (Å²) in [7, 11) is 2.00. The van der Waals surface area contributed by atoms with Crippen LogP contribution in [0.15, 0.2) is 73.3 Å². The van der Waals surface area contributed by atoms with Gasteiger partial charge in [0.05, 0.1) is 6.33 Å². The number of H-pyrrole nitrogens is 2. The molecule has 24 nitrogen and oxygen atoms in total. The molecule has 386 valence electrons. The Morgan fingerprint density at radius 3 is 2.01 bits per heavy atom. The summed E-state index contributed by atoms with van der Waals surface area (Å²) in [4.78, 5) is 137. The molecule has 2 aliphatic rings. The summed E-state index contributed by atoms with van der Waals surface area (Å²) in [5.74, 6) is -6.90. The minimum Gasteiger partial charge on any atom is -0.368 e. The molecule has 6 rings (SSSR count). The number of benzene rings is 2. The van der Waals surface area contributed by atoms with Gasteiger partial charge in [0.15, 0.2) is 0 Å². The van der Waals surface area contributed by atoms with Gasteiger partial charge in [0.25, 0.3) is 5.91 Å². The van der Waals surface area contributed by atoms with Gasteiger partial charge in [-0.2, -0.15) is 0 Å². The van der Waals surface area contributed by atoms with E-state index in [9.17, 15) is 43.2 Å². The van der Waals surface area contributed by atoms with Gasteiger partial charge in [-0.1, -0.05) is 77.0 Å². The Bertz CT molecular complexity index is 2570. The fourth-order valence-corrected chi connectivity index (χ4v) is 10.4. The summed E-state index contributed by atoms with van der Waals surface area (Å²) in [5.41, 5.74) is 19.7. The molecule has 0 bridgehead atoms. The molecule has 26 heteroatoms. The summed E-state index contributed by atoms with van der Waals surface area (Å²) in [6.45, 7) is 3.26. The van der Waals surface area contributed by atoms with Crippen molar-refractivity contribution in [3.05, 3.63) is 90.1 Å². The second-order valence-corrected chi connectivity index (χ2v) is 19.9. The molecular weight excluding hydrogens is 971 g/mol. The SMILES string of the molecule is CC[C@@H]1NC(=O)N([C@H]2CSSC[C@@H](C(N)=O)NC(=O)[C@H](Cc3c[nH]c4ccccc34)NC(=O)[C@H](CCCNC(N)N)NC(=O)[C@@H](Cc3ccccc3)NC(=O)[C@H](Cc3cnc[nH]3)NC(=O)[C@@H](C)NC2=O)C1=O. The molecule has 2 aliphatic heterocycles. The molecule has 2 fully saturated rings. The summed E-state index contributed by atoms with van der Waals surface area (Å²) >= 11 is 0. The second-order valence-electron chi connectivity index (χ2n) is 17.3. The molecule has 2 saturated heterocycles. The molecule has 0 radical (unpaired) electrons. The molecule has 0 spiro atoms. The number of hydrogen-bond donors (Lipinski definition) is 13. The Labute approximate surface area is 422 Å². The lowest BCUT2D eigenvalue weighted by Gasteiger charge is -2.28. The van der Waals surface area contributed by atoms with Crippen molar-refractivity contribution in [1.82, 2.24) is 62.4 Å². The van der Waals surface area contributed by atoms with Crippen LogP contribution >= 0.6 is 21.6 Å². The molecule has 16 N–H and O–H groups in total. The number of imidazole rings is 1. The third-order valence-corrected chi connectivity index (χ3v) is 14.4. The minimum absolute atomic E-state index is 0.00457. The van der Waals surface area contributed by atoms with Crippen LogP contribution in [0, 0.1) is 0 Å². The van der Waals surface area contributed by atoms with Crippen molar-refractivity contribution in [1.29, 1.82) is 0 Å². The number of primary amides is 1. The predicted molar refractivity (Wildman–Crippen MR) is 268 cm³/mol. The van der Waals surface area contributed by atoms with E-state index in [4.69, 9.17) is 17.2 Å². The number of nitrogens with one attached hydrogen (secondary N) is 10. The number of nitrogens with two attached hydrogens (primary N) is 3. The largest absolute Gasteiger partial charge is 0.368 e. The van der Waals surface area contributed by atoms with Gasteiger partial charge in [-0.05, 0) is 49.9 Å². The second kappa shape index (κ2) is 25.9. The third-order valence-electron chi connectivity index (χ3n) is 12.0. The maximum atomic E-state index is 14.6. The number of hydrogen-bond acceptors (Lipinski definition) is 15. The van der Waals surface area contributed by atoms with Gasteiger partial charge in [0.2, 0.25) is 41.4 Å². The highest BCUT2D eigenvalue weighted by Gasteiger charge is 2.45. The number of aromatic nitrogens is 3. The molecule has 8 atom stereocenters. The summed E-state index contributed by atoms with van der Waals surface area (Å²) in [6.07, 6.45) is 3.79. The molecule has 4 heterocycles. The van der Waals surface area contributed by atoms with Crippen molar-refractivity contribution >= 4 is 85.8 Å². The number of amides is 10. The van der Waals surface area contributed by atoms with E-state index in [1.165, 1.54) is 19.4 Å². The molecule has 4 aromatic rings. The van der Waals surface area contributed by atoms with E-state index in [1.54, 1.807) is 43.5 Å². The average Bonchev–Trinajstić information content (AvgIpc) is 4.09. The zero-order valence-electron chi connectivity index (χ0n) is 39.6. The highest BCUT2D eigenvalue weighted by molar-refractivity contribution is 8.76. The fraction of sp³-hybridized carbons (Fsp3) is 0.435. The number of urea groups is 1. The van der Waals surface area contributed by atoms with Gasteiger partial charge >= 0.3 is 6.03 Å². The normalized spacial score (nSPS) is 24.7. The van der Waals surface area contributed by atoms with Gasteiger partial charge in [0, 0.05) is 59.8 Å². The van der Waals surface area contributed by atoms with Crippen LogP contribution < -0.4 is 59.7 Å². The lowest BCUT2D eigenvalue weighted by Crippen LogP contribution is -2.60. The van der Waals surface area contributed by atoms with Crippen molar-refractivity contribution in [3.63, 3.8) is 0 Å². The van der Waals surface area contributed by atoms with E-state index in [0.29, 0.717) is 16.8 Å². The monoisotopic (exact) mass is 1030 g/mol. The molecular formula is C46H61N15O9S2. The van der Waals surface area contributed by atoms with Crippen LogP contribution in [0.4, 0.5) is 4.79 Å². The number of nitrogens with zero attached hydrogens (tertiary/aromatic N) is 2. The van der Waals surface area contributed by atoms with Crippen molar-refractivity contribution < 1.29 is 43.2 Å². The van der Waals surface area contributed by atoms with E-state index in [1.807, 2.05) is 24.3 Å². The van der Waals surface area contributed by atoms with Crippen LogP contribution in [0.3, 0.4) is 0 Å². The third kappa shape index (κ3) is 14.8. The Hall–Kier alpha value is -7.00. The van der Waals surface area contributed by atoms with Crippen molar-refractivity contribution in [2.75, 3.05) is 18.1 Å². The van der Waals surface area contributed by atoms with E-state index in [2.05, 4.69) is 57.5 Å². The molecule has 2 aromatic carbocycles. The van der Waals surface area contributed by atoms with Crippen molar-refractivity contribution in [2.24, 2.45) is 17.2 Å². The molecule has 0 saturated carbocycles. The van der Waals surface area contributed by atoms with Crippen molar-refractivity contribution in [2.45, 2.75) is 107 Å². The van der Waals surface area contributed by atoms with Crippen LogP contribution in [0.25, 0.3) is 10.9 Å². The van der Waals surface area contributed by atoms with Crippen LogP contribution in [-0.4, -0.2) is 146 Å². The van der Waals surface area contributed by atoms with E-state index in [-0.39, 0.29) is 56.6 Å². The lowest BCUT2D eigenvalue weighted by atomic mass is 10.0. The fourth-order valence-electron chi connectivity index (χ4n) is 8.03. The van der Waals surface area contributed by atoms with Gasteiger partial charge in [-0.3, -0.25) is 43.7 Å². The van der Waals surface area contributed by atoms with Crippen LogP contribution in [0.5, 0.6) is 0 Å². The summed E-state index contributed by atoms with van der Waals surface area (Å²) in [6, 6.07) is 4.71. The van der Waals surface area contributed by atoms with E-state index >= 15 is 0 Å². The zero-order valence-corrected chi connectivity index (χ0v) is 41.2. The van der Waals surface area contributed by atoms with Gasteiger partial charge in [-0.15, -0.1) is 0 Å². The lowest BCUT2D eigenvalue weighted by molar-refractivity contribution is -0.137. The number of rotatable bonds is 14. The number of para-hydroxylation sites is 1. The van der Waals surface area contributed by atoms with E-state index in [0.717, 1.165) is 37.4 Å². The molecule has 0 unspecified atom stereocenters. The first-order chi connectivity index (χ1) is 34.5. The smallest absolute Gasteiger partial charge is 0.325 e. The molecule has 0 aliphatic carbocycles. The molecule has 10 amide bonds. The highest BCUT2D eigenvalue weighted by Crippen LogP contribution is 2.27. The van der Waals surface area contributed by atoms with Crippen molar-refractivity contribution in [3.8, 4) is 0 Å². The standard InChI is InChI=1S/C46H61N15O9S2/c1-3-29-44(69)61(46(70)60-29)36-22-72-71-21-35(37(47)62)59-41(66)33(17-26-19-52-30-13-8-7-12-28(26)30)58-39(64)31(14-9-15-51-45(48)49)55-40(65)32(16-25-10-5-4-6-11-25)57-42(67)34(18-27-20-50-23-53-27)56-38(63)24(2)54-43(36)68/h4-8,10-13,19-20,23-24,29,31-36,45,51-52H,3,9,14-18,21-22,48-49H2,1-2H3,(H2,47,62)(H,50,53)(H,54,68)(H,55,65)(H,56,63)(H,57,67)(H,58,64)(H,59,66)(H,60,70)/t24-,29+,31+,32-,33+,34+,35+,36+/m1/s1. The molecule has 2 aromatic heterocycles. The number of imide groups is 1. The summed E-state index contributed by atoms with van der Waals surface area (Å²) < 4.78 is 0. The first-order valence-corrected chi connectivity index (χ1v) is 25.8. The van der Waals surface area contributed by atoms with Crippen LogP contribution in [0.2, 0.25) is 0 Å². The van der Waals surface area contributed by atoms with Crippen LogP contribution in [0.1, 0.15) is 49.9 Å². The highest BCUT2D eigenvalue weighted by atomic mass is 33.1. The first kappa shape index (κ1) is 54.3. The average molecular weight is 1030 g/mol. The van der Waals surface area contributed by atoms with Crippen LogP contribution in [-0.2, 0) is 57.6 Å². The number of carbonyl (C=O) groups excluding carboxylic acids is 9. The topological polar surface area (TPSA) is 376 Å². The molecule has 72 heavy (non-hydrogen) atoms. The maximum Gasteiger partial charge on any atom is 0.325 e. The van der Waals surface area contributed by atoms with Gasteiger partial charge in [0.1, 0.15) is 54.6 Å². The van der Waals surface area contributed by atoms with E-state index < -0.39 is 108 Å². The Morgan fingerprint density at radius 2 is 1.35 bits per heavy atom. The minimum atomic E-state index is -1.47. The number of fused-ring (bicyclic) bond motifs is 1. The first-order valence-electron chi connectivity index (χ1n) is 23.3. The van der Waals surface area contributed by atoms with Gasteiger partial charge in [-0.25, -0.2) is 14.7 Å². The number of carbonyl (C=O) groups is 9. The summed E-state index contributed by atoms with van der Waals surface area (Å²) in [5, 5.41) is 22.4. The maximum absolute atomic E-state index is 14.6. The zero-order chi connectivity index (χ0) is 51.9. The Balaban J connectivity index is 1.38. The quantitative estimate of drug-likeness (QED) is 0.0281. The Kier molecular flexibility index (Phi) is 19.6. The van der Waals surface area contributed by atoms with Gasteiger partial charge < -0.3 is 64.4 Å². The number of aromatic amines is 2. The Morgan fingerprint density at radius 1 is 0.722 bits per heavy atom.